The average Bonchev–Trinajstić information content (AvgIpc) is 2.50. The number of rotatable bonds is 2. The largest absolute Gasteiger partial charge is 0.486 e. The van der Waals surface area contributed by atoms with Crippen LogP contribution in [0.25, 0.3) is 0 Å². The summed E-state index contributed by atoms with van der Waals surface area (Å²) in [4.78, 5) is 0. The van der Waals surface area contributed by atoms with Crippen molar-refractivity contribution in [2.75, 3.05) is 13.2 Å². The molecule has 0 radical (unpaired) electrons. The van der Waals surface area contributed by atoms with E-state index in [1.54, 1.807) is 31.2 Å². The first-order valence-corrected chi connectivity index (χ1v) is 6.97. The molecule has 0 bridgehead atoms. The Bertz CT molecular complexity index is 687. The SMILES string of the molecule is Cc1cc(C(O)c2ccc3c(c2)OCCO3)c(Cl)cc1F. The van der Waals surface area contributed by atoms with Gasteiger partial charge >= 0.3 is 0 Å². The third-order valence-corrected chi connectivity index (χ3v) is 3.78. The molecule has 0 fully saturated rings. The van der Waals surface area contributed by atoms with Crippen LogP contribution in [0.4, 0.5) is 4.39 Å². The molecule has 0 saturated heterocycles. The van der Waals surface area contributed by atoms with E-state index in [0.29, 0.717) is 41.4 Å². The lowest BCUT2D eigenvalue weighted by Gasteiger charge is -2.21. The van der Waals surface area contributed by atoms with Gasteiger partial charge in [0, 0.05) is 10.6 Å². The Morgan fingerprint density at radius 1 is 1.14 bits per heavy atom. The predicted octanol–water partition coefficient (Wildman–Crippen LogP) is 3.64. The molecule has 2 aromatic rings. The van der Waals surface area contributed by atoms with Crippen molar-refractivity contribution in [3.63, 3.8) is 0 Å². The minimum atomic E-state index is -0.951. The van der Waals surface area contributed by atoms with Gasteiger partial charge in [0.25, 0.3) is 0 Å². The lowest BCUT2D eigenvalue weighted by molar-refractivity contribution is 0.169. The lowest BCUT2D eigenvalue weighted by Crippen LogP contribution is -2.15. The van der Waals surface area contributed by atoms with Gasteiger partial charge < -0.3 is 14.6 Å². The topological polar surface area (TPSA) is 38.7 Å². The summed E-state index contributed by atoms with van der Waals surface area (Å²) in [5, 5.41) is 10.7. The second-order valence-corrected chi connectivity index (χ2v) is 5.34. The Labute approximate surface area is 126 Å². The molecule has 110 valence electrons. The highest BCUT2D eigenvalue weighted by molar-refractivity contribution is 6.31. The third-order valence-electron chi connectivity index (χ3n) is 3.45. The van der Waals surface area contributed by atoms with E-state index >= 15 is 0 Å². The molecule has 0 aliphatic carbocycles. The van der Waals surface area contributed by atoms with E-state index in [4.69, 9.17) is 21.1 Å². The number of hydrogen-bond acceptors (Lipinski definition) is 3. The smallest absolute Gasteiger partial charge is 0.161 e. The van der Waals surface area contributed by atoms with Crippen LogP contribution in [-0.4, -0.2) is 18.3 Å². The summed E-state index contributed by atoms with van der Waals surface area (Å²) in [5.74, 6) is 0.851. The van der Waals surface area contributed by atoms with Crippen molar-refractivity contribution in [1.82, 2.24) is 0 Å². The summed E-state index contributed by atoms with van der Waals surface area (Å²) in [6, 6.07) is 7.98. The van der Waals surface area contributed by atoms with E-state index in [-0.39, 0.29) is 5.02 Å². The zero-order chi connectivity index (χ0) is 15.0. The van der Waals surface area contributed by atoms with Gasteiger partial charge in [-0.25, -0.2) is 4.39 Å². The summed E-state index contributed by atoms with van der Waals surface area (Å²) in [6.07, 6.45) is -0.951. The van der Waals surface area contributed by atoms with Crippen molar-refractivity contribution in [2.45, 2.75) is 13.0 Å². The molecule has 5 heteroatoms. The van der Waals surface area contributed by atoms with Crippen LogP contribution in [0.1, 0.15) is 22.8 Å². The van der Waals surface area contributed by atoms with E-state index in [0.717, 1.165) is 0 Å². The minimum absolute atomic E-state index is 0.195. The van der Waals surface area contributed by atoms with Crippen LogP contribution in [-0.2, 0) is 0 Å². The Morgan fingerprint density at radius 2 is 1.86 bits per heavy atom. The molecule has 0 amide bonds. The Morgan fingerprint density at radius 3 is 2.62 bits per heavy atom. The minimum Gasteiger partial charge on any atom is -0.486 e. The second-order valence-electron chi connectivity index (χ2n) is 4.93. The molecule has 3 nitrogen and oxygen atoms in total. The predicted molar refractivity (Wildman–Crippen MR) is 77.6 cm³/mol. The molecule has 0 saturated carbocycles. The van der Waals surface area contributed by atoms with E-state index in [1.165, 1.54) is 6.07 Å². The van der Waals surface area contributed by atoms with Gasteiger partial charge in [0.05, 0.1) is 0 Å². The number of halogens is 2. The van der Waals surface area contributed by atoms with E-state index in [2.05, 4.69) is 0 Å². The normalized spacial score (nSPS) is 14.9. The molecule has 21 heavy (non-hydrogen) atoms. The number of hydrogen-bond donors (Lipinski definition) is 1. The summed E-state index contributed by atoms with van der Waals surface area (Å²) in [5.41, 5.74) is 1.52. The van der Waals surface area contributed by atoms with Crippen molar-refractivity contribution in [3.05, 3.63) is 57.9 Å². The van der Waals surface area contributed by atoms with Crippen molar-refractivity contribution < 1.29 is 19.0 Å². The van der Waals surface area contributed by atoms with Gasteiger partial charge in [0.2, 0.25) is 0 Å². The summed E-state index contributed by atoms with van der Waals surface area (Å²) >= 11 is 6.03. The number of aliphatic hydroxyl groups is 1. The Kier molecular flexibility index (Phi) is 3.74. The van der Waals surface area contributed by atoms with Crippen LogP contribution >= 0.6 is 11.6 Å². The fourth-order valence-corrected chi connectivity index (χ4v) is 2.55. The van der Waals surface area contributed by atoms with Crippen molar-refractivity contribution in [3.8, 4) is 11.5 Å². The number of ether oxygens (including phenoxy) is 2. The molecule has 1 atom stereocenters. The van der Waals surface area contributed by atoms with Crippen LogP contribution in [0, 0.1) is 12.7 Å². The van der Waals surface area contributed by atoms with Gasteiger partial charge in [-0.1, -0.05) is 17.7 Å². The Balaban J connectivity index is 1.98. The molecular weight excluding hydrogens is 295 g/mol. The highest BCUT2D eigenvalue weighted by Gasteiger charge is 2.19. The lowest BCUT2D eigenvalue weighted by atomic mass is 9.99. The molecule has 3 rings (SSSR count). The van der Waals surface area contributed by atoms with Crippen LogP contribution in [0.15, 0.2) is 30.3 Å². The highest BCUT2D eigenvalue weighted by atomic mass is 35.5. The maximum atomic E-state index is 13.4. The summed E-state index contributed by atoms with van der Waals surface area (Å²) < 4.78 is 24.4. The molecule has 1 heterocycles. The van der Waals surface area contributed by atoms with Crippen LogP contribution in [0.5, 0.6) is 11.5 Å². The van der Waals surface area contributed by atoms with Gasteiger partial charge in [-0.2, -0.15) is 0 Å². The molecule has 0 spiro atoms. The number of fused-ring (bicyclic) bond motifs is 1. The van der Waals surface area contributed by atoms with E-state index < -0.39 is 11.9 Å². The zero-order valence-electron chi connectivity index (χ0n) is 11.4. The summed E-state index contributed by atoms with van der Waals surface area (Å²) in [7, 11) is 0. The van der Waals surface area contributed by atoms with Crippen molar-refractivity contribution >= 4 is 11.6 Å². The molecule has 2 aromatic carbocycles. The van der Waals surface area contributed by atoms with E-state index in [9.17, 15) is 9.50 Å². The van der Waals surface area contributed by atoms with Gasteiger partial charge in [0.15, 0.2) is 11.5 Å². The molecule has 1 unspecified atom stereocenters. The first-order chi connectivity index (χ1) is 10.1. The Hall–Kier alpha value is -1.78. The monoisotopic (exact) mass is 308 g/mol. The van der Waals surface area contributed by atoms with Crippen LogP contribution in [0.3, 0.4) is 0 Å². The first-order valence-electron chi connectivity index (χ1n) is 6.59. The number of aliphatic hydroxyl groups excluding tert-OH is 1. The fourth-order valence-electron chi connectivity index (χ4n) is 2.30. The molecular formula is C16H14ClFO3. The maximum Gasteiger partial charge on any atom is 0.161 e. The van der Waals surface area contributed by atoms with Crippen molar-refractivity contribution in [1.29, 1.82) is 0 Å². The van der Waals surface area contributed by atoms with Gasteiger partial charge in [-0.3, -0.25) is 0 Å². The van der Waals surface area contributed by atoms with Gasteiger partial charge in [0.1, 0.15) is 25.1 Å². The third kappa shape index (κ3) is 2.69. The molecule has 1 aliphatic rings. The first kappa shape index (κ1) is 14.2. The standard InChI is InChI=1S/C16H14ClFO3/c1-9-6-11(12(17)8-13(9)18)16(19)10-2-3-14-15(7-10)21-5-4-20-14/h2-3,6-8,16,19H,4-5H2,1H3. The second kappa shape index (κ2) is 5.54. The highest BCUT2D eigenvalue weighted by Crippen LogP contribution is 2.36. The molecule has 1 N–H and O–H groups in total. The average molecular weight is 309 g/mol. The number of benzene rings is 2. The number of aryl methyl sites for hydroxylation is 1. The van der Waals surface area contributed by atoms with Crippen LogP contribution < -0.4 is 9.47 Å². The van der Waals surface area contributed by atoms with Gasteiger partial charge in [-0.15, -0.1) is 0 Å². The molecule has 1 aliphatic heterocycles. The molecule has 0 aromatic heterocycles. The quantitative estimate of drug-likeness (QED) is 0.920. The van der Waals surface area contributed by atoms with Gasteiger partial charge in [-0.05, 0) is 42.3 Å². The summed E-state index contributed by atoms with van der Waals surface area (Å²) in [6.45, 7) is 2.62. The van der Waals surface area contributed by atoms with Crippen LogP contribution in [0.2, 0.25) is 5.02 Å². The maximum absolute atomic E-state index is 13.4. The zero-order valence-corrected chi connectivity index (χ0v) is 12.2. The fraction of sp³-hybridized carbons (Fsp3) is 0.250. The van der Waals surface area contributed by atoms with E-state index in [1.807, 2.05) is 0 Å². The van der Waals surface area contributed by atoms with Crippen molar-refractivity contribution in [2.24, 2.45) is 0 Å².